The smallest absolute Gasteiger partial charge is 0.141 e. The van der Waals surface area contributed by atoms with Gasteiger partial charge in [0.15, 0.2) is 0 Å². The molecule has 0 radical (unpaired) electrons. The number of thiophene rings is 1. The maximum atomic E-state index is 13.3. The Labute approximate surface area is 134 Å². The fourth-order valence-corrected chi connectivity index (χ4v) is 4.69. The number of fused-ring (bicyclic) bond motifs is 1. The first-order valence-electron chi connectivity index (χ1n) is 6.41. The Balaban J connectivity index is 1.87. The van der Waals surface area contributed by atoms with E-state index >= 15 is 0 Å². The molecular weight excluding hydrogens is 386 g/mol. The number of hydrogen-bond acceptors (Lipinski definition) is 3. The minimum atomic E-state index is -0.465. The summed E-state index contributed by atoms with van der Waals surface area (Å²) in [7, 11) is 0. The van der Waals surface area contributed by atoms with Crippen LogP contribution >= 0.6 is 33.9 Å². The van der Waals surface area contributed by atoms with E-state index in [0.29, 0.717) is 0 Å². The van der Waals surface area contributed by atoms with Gasteiger partial charge >= 0.3 is 0 Å². The van der Waals surface area contributed by atoms with Crippen molar-refractivity contribution < 1.29 is 4.39 Å². The highest BCUT2D eigenvalue weighted by Crippen LogP contribution is 2.38. The van der Waals surface area contributed by atoms with Crippen LogP contribution in [0.2, 0.25) is 0 Å². The molecule has 0 saturated heterocycles. The molecule has 1 atom stereocenters. The molecule has 0 saturated carbocycles. The van der Waals surface area contributed by atoms with Gasteiger partial charge in [0, 0.05) is 10.6 Å². The second-order valence-electron chi connectivity index (χ2n) is 4.82. The largest absolute Gasteiger partial charge is 0.378 e. The fourth-order valence-electron chi connectivity index (χ4n) is 2.57. The number of anilines is 1. The highest BCUT2D eigenvalue weighted by Gasteiger charge is 2.22. The lowest BCUT2D eigenvalue weighted by Gasteiger charge is -2.24. The Kier molecular flexibility index (Phi) is 3.94. The van der Waals surface area contributed by atoms with Gasteiger partial charge < -0.3 is 5.32 Å². The van der Waals surface area contributed by atoms with E-state index in [9.17, 15) is 4.39 Å². The summed E-state index contributed by atoms with van der Waals surface area (Å²) in [6, 6.07) is 9.00. The summed E-state index contributed by atoms with van der Waals surface area (Å²) in [4.78, 5) is 1.45. The predicted molar refractivity (Wildman–Crippen MR) is 87.5 cm³/mol. The third kappa shape index (κ3) is 2.67. The Morgan fingerprint density at radius 1 is 1.40 bits per heavy atom. The SMILES string of the molecule is N#Cc1cc(NC2CCCc3sc(I)cc32)ccc1F. The zero-order valence-corrected chi connectivity index (χ0v) is 13.6. The van der Waals surface area contributed by atoms with Crippen LogP contribution in [0.15, 0.2) is 24.3 Å². The van der Waals surface area contributed by atoms with Gasteiger partial charge in [0.05, 0.1) is 14.5 Å². The molecule has 1 aliphatic rings. The molecule has 102 valence electrons. The van der Waals surface area contributed by atoms with Gasteiger partial charge in [-0.3, -0.25) is 0 Å². The van der Waals surface area contributed by atoms with Gasteiger partial charge in [-0.25, -0.2) is 4.39 Å². The summed E-state index contributed by atoms with van der Waals surface area (Å²) < 4.78 is 14.6. The molecule has 1 heterocycles. The molecule has 1 unspecified atom stereocenters. The molecule has 0 amide bonds. The molecule has 1 aliphatic carbocycles. The topological polar surface area (TPSA) is 35.8 Å². The zero-order valence-electron chi connectivity index (χ0n) is 10.6. The number of benzene rings is 1. The third-order valence-electron chi connectivity index (χ3n) is 3.51. The van der Waals surface area contributed by atoms with Crippen LogP contribution in [0.4, 0.5) is 10.1 Å². The zero-order chi connectivity index (χ0) is 14.1. The summed E-state index contributed by atoms with van der Waals surface area (Å²) in [5, 5.41) is 12.3. The lowest BCUT2D eigenvalue weighted by molar-refractivity contribution is 0.607. The highest BCUT2D eigenvalue weighted by atomic mass is 127. The van der Waals surface area contributed by atoms with Crippen molar-refractivity contribution in [2.24, 2.45) is 0 Å². The van der Waals surface area contributed by atoms with Gasteiger partial charge in [0.2, 0.25) is 0 Å². The Bertz CT molecular complexity index is 690. The normalized spacial score (nSPS) is 17.4. The highest BCUT2D eigenvalue weighted by molar-refractivity contribution is 14.1. The van der Waals surface area contributed by atoms with E-state index in [0.717, 1.165) is 24.9 Å². The average molecular weight is 398 g/mol. The van der Waals surface area contributed by atoms with Crippen molar-refractivity contribution in [3.8, 4) is 6.07 Å². The molecule has 0 fully saturated rings. The predicted octanol–water partition coefficient (Wildman–Crippen LogP) is 4.85. The minimum absolute atomic E-state index is 0.0888. The van der Waals surface area contributed by atoms with Gasteiger partial charge in [-0.2, -0.15) is 5.26 Å². The number of nitriles is 1. The Hall–Kier alpha value is -1.13. The van der Waals surface area contributed by atoms with Crippen molar-refractivity contribution in [2.75, 3.05) is 5.32 Å². The number of halogens is 2. The lowest BCUT2D eigenvalue weighted by atomic mass is 9.94. The van der Waals surface area contributed by atoms with Crippen LogP contribution in [0, 0.1) is 20.0 Å². The number of nitrogens with one attached hydrogen (secondary N) is 1. The van der Waals surface area contributed by atoms with Crippen molar-refractivity contribution in [1.29, 1.82) is 5.26 Å². The summed E-state index contributed by atoms with van der Waals surface area (Å²) in [6.07, 6.45) is 3.38. The summed E-state index contributed by atoms with van der Waals surface area (Å²) in [5.74, 6) is -0.465. The average Bonchev–Trinajstić information content (AvgIpc) is 2.82. The van der Waals surface area contributed by atoms with Gasteiger partial charge in [-0.05, 0) is 71.7 Å². The summed E-state index contributed by atoms with van der Waals surface area (Å²) >= 11 is 4.20. The molecule has 3 rings (SSSR count). The van der Waals surface area contributed by atoms with Crippen LogP contribution in [0.25, 0.3) is 0 Å². The molecule has 0 spiro atoms. The molecule has 1 N–H and O–H groups in total. The number of rotatable bonds is 2. The molecule has 0 bridgehead atoms. The lowest BCUT2D eigenvalue weighted by Crippen LogP contribution is -2.15. The van der Waals surface area contributed by atoms with Crippen LogP contribution in [-0.2, 0) is 6.42 Å². The first-order valence-corrected chi connectivity index (χ1v) is 8.31. The van der Waals surface area contributed by atoms with E-state index in [-0.39, 0.29) is 11.6 Å². The van der Waals surface area contributed by atoms with Crippen LogP contribution < -0.4 is 5.32 Å². The van der Waals surface area contributed by atoms with E-state index in [2.05, 4.69) is 34.0 Å². The van der Waals surface area contributed by atoms with Crippen LogP contribution in [0.5, 0.6) is 0 Å². The van der Waals surface area contributed by atoms with Crippen molar-refractivity contribution in [3.05, 3.63) is 49.0 Å². The van der Waals surface area contributed by atoms with E-state index in [1.807, 2.05) is 17.4 Å². The number of nitrogens with zero attached hydrogens (tertiary/aromatic N) is 1. The second kappa shape index (κ2) is 5.70. The van der Waals surface area contributed by atoms with E-state index in [4.69, 9.17) is 5.26 Å². The van der Waals surface area contributed by atoms with Crippen molar-refractivity contribution in [2.45, 2.75) is 25.3 Å². The summed E-state index contributed by atoms with van der Waals surface area (Å²) in [5.41, 5.74) is 2.25. The van der Waals surface area contributed by atoms with E-state index in [1.165, 1.54) is 19.4 Å². The molecule has 0 aliphatic heterocycles. The van der Waals surface area contributed by atoms with Gasteiger partial charge in [0.1, 0.15) is 11.9 Å². The molecule has 2 aromatic rings. The third-order valence-corrected chi connectivity index (χ3v) is 5.48. The van der Waals surface area contributed by atoms with Crippen LogP contribution in [-0.4, -0.2) is 0 Å². The van der Waals surface area contributed by atoms with Crippen molar-refractivity contribution >= 4 is 39.6 Å². The Morgan fingerprint density at radius 3 is 3.05 bits per heavy atom. The number of hydrogen-bond donors (Lipinski definition) is 1. The van der Waals surface area contributed by atoms with Gasteiger partial charge in [0.25, 0.3) is 0 Å². The first kappa shape index (κ1) is 13.8. The van der Waals surface area contributed by atoms with Crippen LogP contribution in [0.1, 0.15) is 34.9 Å². The molecule has 1 aromatic carbocycles. The molecule has 1 aromatic heterocycles. The molecule has 2 nitrogen and oxygen atoms in total. The van der Waals surface area contributed by atoms with Gasteiger partial charge in [-0.1, -0.05) is 0 Å². The van der Waals surface area contributed by atoms with E-state index < -0.39 is 5.82 Å². The maximum absolute atomic E-state index is 13.3. The summed E-state index contributed by atoms with van der Waals surface area (Å²) in [6.45, 7) is 0. The maximum Gasteiger partial charge on any atom is 0.141 e. The first-order chi connectivity index (χ1) is 9.67. The van der Waals surface area contributed by atoms with Crippen LogP contribution in [0.3, 0.4) is 0 Å². The quantitative estimate of drug-likeness (QED) is 0.734. The van der Waals surface area contributed by atoms with Gasteiger partial charge in [-0.15, -0.1) is 11.3 Å². The number of aryl methyl sites for hydroxylation is 1. The molecular formula is C15H12FIN2S. The molecule has 20 heavy (non-hydrogen) atoms. The standard InChI is InChI=1S/C15H12FIN2S/c16-12-5-4-10(6-9(12)8-18)19-13-2-1-3-14-11(13)7-15(17)20-14/h4-7,13,19H,1-3H2. The fraction of sp³-hybridized carbons (Fsp3) is 0.267. The molecule has 5 heteroatoms. The van der Waals surface area contributed by atoms with Crippen molar-refractivity contribution in [1.82, 2.24) is 0 Å². The minimum Gasteiger partial charge on any atom is -0.378 e. The van der Waals surface area contributed by atoms with Crippen molar-refractivity contribution in [3.63, 3.8) is 0 Å². The Morgan fingerprint density at radius 2 is 2.25 bits per heavy atom. The van der Waals surface area contributed by atoms with E-state index in [1.54, 1.807) is 12.1 Å². The second-order valence-corrected chi connectivity index (χ2v) is 7.86. The monoisotopic (exact) mass is 398 g/mol.